The Kier molecular flexibility index (Phi) is 3.11. The average molecular weight is 285 g/mol. The predicted molar refractivity (Wildman–Crippen MR) is 77.6 cm³/mol. The van der Waals surface area contributed by atoms with Crippen molar-refractivity contribution in [3.8, 4) is 0 Å². The third-order valence-corrected chi connectivity index (χ3v) is 4.29. The Balaban J connectivity index is 1.50. The van der Waals surface area contributed by atoms with Crippen molar-refractivity contribution in [2.24, 2.45) is 5.92 Å². The van der Waals surface area contributed by atoms with Gasteiger partial charge in [0, 0.05) is 38.6 Å². The van der Waals surface area contributed by atoms with Crippen LogP contribution >= 0.6 is 0 Å². The van der Waals surface area contributed by atoms with Gasteiger partial charge in [0.25, 0.3) is 0 Å². The molecule has 0 bridgehead atoms. The number of aromatic nitrogens is 4. The second-order valence-electron chi connectivity index (χ2n) is 6.04. The smallest absolute Gasteiger partial charge is 0.290 e. The maximum absolute atomic E-state index is 12.3. The zero-order valence-electron chi connectivity index (χ0n) is 12.0. The Morgan fingerprint density at radius 1 is 1.19 bits per heavy atom. The van der Waals surface area contributed by atoms with E-state index < -0.39 is 0 Å². The van der Waals surface area contributed by atoms with Gasteiger partial charge in [-0.25, -0.2) is 9.48 Å². The largest absolute Gasteiger partial charge is 0.346 e. The quantitative estimate of drug-likeness (QED) is 0.836. The molecule has 0 amide bonds. The minimum Gasteiger partial charge on any atom is -0.290 e. The number of rotatable bonds is 4. The summed E-state index contributed by atoms with van der Waals surface area (Å²) in [6.45, 7) is 4.05. The van der Waals surface area contributed by atoms with Crippen molar-refractivity contribution in [2.45, 2.75) is 39.0 Å². The molecule has 110 valence electrons. The van der Waals surface area contributed by atoms with Gasteiger partial charge < -0.3 is 0 Å². The first-order chi connectivity index (χ1) is 10.3. The maximum Gasteiger partial charge on any atom is 0.346 e. The summed E-state index contributed by atoms with van der Waals surface area (Å²) in [5, 5.41) is 4.54. The molecule has 6 nitrogen and oxygen atoms in total. The first-order valence-corrected chi connectivity index (χ1v) is 7.57. The molecule has 0 aromatic carbocycles. The predicted octanol–water partition coefficient (Wildman–Crippen LogP) is 0.866. The molecule has 1 saturated carbocycles. The van der Waals surface area contributed by atoms with Crippen LogP contribution in [0.5, 0.6) is 0 Å². The van der Waals surface area contributed by atoms with Crippen LogP contribution in [0.15, 0.2) is 29.3 Å². The molecule has 0 unspecified atom stereocenters. The van der Waals surface area contributed by atoms with Gasteiger partial charge in [0.15, 0.2) is 0 Å². The van der Waals surface area contributed by atoms with E-state index in [1.165, 1.54) is 18.4 Å². The van der Waals surface area contributed by atoms with Gasteiger partial charge in [-0.15, -0.1) is 0 Å². The highest BCUT2D eigenvalue weighted by molar-refractivity contribution is 5.09. The summed E-state index contributed by atoms with van der Waals surface area (Å²) >= 11 is 0. The second kappa shape index (κ2) is 5.11. The van der Waals surface area contributed by atoms with E-state index in [9.17, 15) is 4.79 Å². The summed E-state index contributed by atoms with van der Waals surface area (Å²) < 4.78 is 3.51. The first kappa shape index (κ1) is 12.8. The molecule has 0 saturated heterocycles. The molecule has 21 heavy (non-hydrogen) atoms. The van der Waals surface area contributed by atoms with E-state index in [1.807, 2.05) is 29.1 Å². The van der Waals surface area contributed by atoms with Crippen LogP contribution in [0.25, 0.3) is 0 Å². The van der Waals surface area contributed by atoms with Gasteiger partial charge in [0.2, 0.25) is 0 Å². The van der Waals surface area contributed by atoms with E-state index in [-0.39, 0.29) is 5.69 Å². The highest BCUT2D eigenvalue weighted by Gasteiger charge is 2.26. The topological polar surface area (TPSA) is 56.0 Å². The molecule has 1 aliphatic heterocycles. The lowest BCUT2D eigenvalue weighted by Crippen LogP contribution is -2.37. The molecule has 3 heterocycles. The molecular formula is C15H19N5O. The zero-order valence-corrected chi connectivity index (χ0v) is 12.0. The van der Waals surface area contributed by atoms with Crippen molar-refractivity contribution in [1.29, 1.82) is 0 Å². The second-order valence-corrected chi connectivity index (χ2v) is 6.04. The maximum atomic E-state index is 12.3. The lowest BCUT2D eigenvalue weighted by molar-refractivity contribution is 0.207. The van der Waals surface area contributed by atoms with E-state index in [0.29, 0.717) is 5.92 Å². The van der Waals surface area contributed by atoms with Gasteiger partial charge in [-0.1, -0.05) is 0 Å². The fraction of sp³-hybridized carbons (Fsp3) is 0.533. The van der Waals surface area contributed by atoms with Crippen LogP contribution in [0.3, 0.4) is 0 Å². The van der Waals surface area contributed by atoms with Crippen LogP contribution in [0, 0.1) is 5.92 Å². The molecule has 4 rings (SSSR count). The van der Waals surface area contributed by atoms with Crippen LogP contribution in [-0.4, -0.2) is 30.8 Å². The Morgan fingerprint density at radius 2 is 2.00 bits per heavy atom. The summed E-state index contributed by atoms with van der Waals surface area (Å²) in [4.78, 5) is 18.7. The molecule has 0 spiro atoms. The van der Waals surface area contributed by atoms with Crippen molar-refractivity contribution in [2.75, 3.05) is 6.54 Å². The van der Waals surface area contributed by atoms with Gasteiger partial charge in [0.05, 0.1) is 6.54 Å². The molecule has 1 fully saturated rings. The van der Waals surface area contributed by atoms with Gasteiger partial charge in [0.1, 0.15) is 5.82 Å². The fourth-order valence-electron chi connectivity index (χ4n) is 2.89. The normalized spacial score (nSPS) is 18.7. The molecule has 0 radical (unpaired) electrons. The zero-order chi connectivity index (χ0) is 14.2. The van der Waals surface area contributed by atoms with E-state index in [4.69, 9.17) is 0 Å². The molecule has 2 aromatic heterocycles. The fourth-order valence-corrected chi connectivity index (χ4v) is 2.89. The van der Waals surface area contributed by atoms with Gasteiger partial charge in [-0.05, 0) is 36.5 Å². The molecule has 0 atom stereocenters. The minimum absolute atomic E-state index is 0.0699. The Bertz CT molecular complexity index is 686. The number of fused-ring (bicyclic) bond motifs is 1. The molecule has 1 aliphatic carbocycles. The lowest BCUT2D eigenvalue weighted by atomic mass is 10.2. The minimum atomic E-state index is 0.0699. The highest BCUT2D eigenvalue weighted by Crippen LogP contribution is 2.29. The Morgan fingerprint density at radius 3 is 2.76 bits per heavy atom. The molecule has 6 heteroatoms. The average Bonchev–Trinajstić information content (AvgIpc) is 3.26. The van der Waals surface area contributed by atoms with Crippen molar-refractivity contribution < 1.29 is 0 Å². The number of nitrogens with zero attached hydrogens (tertiary/aromatic N) is 5. The molecule has 0 N–H and O–H groups in total. The summed E-state index contributed by atoms with van der Waals surface area (Å²) in [5.74, 6) is 1.58. The highest BCUT2D eigenvalue weighted by atomic mass is 16.2. The molecule has 2 aliphatic rings. The summed E-state index contributed by atoms with van der Waals surface area (Å²) in [5.41, 5.74) is 1.32. The van der Waals surface area contributed by atoms with Gasteiger partial charge in [-0.2, -0.15) is 5.10 Å². The Hall–Kier alpha value is -1.95. The third-order valence-electron chi connectivity index (χ3n) is 4.29. The van der Waals surface area contributed by atoms with Crippen LogP contribution in [-0.2, 0) is 26.2 Å². The van der Waals surface area contributed by atoms with Crippen molar-refractivity contribution in [1.82, 2.24) is 24.2 Å². The number of pyridine rings is 1. The number of hydrogen-bond donors (Lipinski definition) is 0. The first-order valence-electron chi connectivity index (χ1n) is 7.57. The molecular weight excluding hydrogens is 266 g/mol. The van der Waals surface area contributed by atoms with E-state index in [0.717, 1.165) is 38.5 Å². The SMILES string of the molecule is O=c1n(CC2CC2)nc2n1CCN(Cc1ccncc1)C2. The Labute approximate surface area is 123 Å². The third kappa shape index (κ3) is 2.63. The van der Waals surface area contributed by atoms with E-state index in [2.05, 4.69) is 15.0 Å². The van der Waals surface area contributed by atoms with Crippen LogP contribution in [0.4, 0.5) is 0 Å². The molecule has 2 aromatic rings. The summed E-state index contributed by atoms with van der Waals surface area (Å²) in [6, 6.07) is 4.07. The summed E-state index contributed by atoms with van der Waals surface area (Å²) in [7, 11) is 0. The standard InChI is InChI=1S/C15H19N5O/c21-15-19-8-7-18(9-13-3-5-16-6-4-13)11-14(19)17-20(15)10-12-1-2-12/h3-6,12H,1-2,7-11H2. The van der Waals surface area contributed by atoms with Crippen LogP contribution in [0.2, 0.25) is 0 Å². The van der Waals surface area contributed by atoms with E-state index >= 15 is 0 Å². The van der Waals surface area contributed by atoms with Crippen molar-refractivity contribution in [3.05, 3.63) is 46.4 Å². The van der Waals surface area contributed by atoms with Crippen LogP contribution in [0.1, 0.15) is 24.2 Å². The van der Waals surface area contributed by atoms with Crippen LogP contribution < -0.4 is 5.69 Å². The monoisotopic (exact) mass is 285 g/mol. The summed E-state index contributed by atoms with van der Waals surface area (Å²) in [6.07, 6.45) is 6.12. The lowest BCUT2D eigenvalue weighted by Gasteiger charge is -2.26. The van der Waals surface area contributed by atoms with Gasteiger partial charge >= 0.3 is 5.69 Å². The van der Waals surface area contributed by atoms with Crippen molar-refractivity contribution >= 4 is 0 Å². The van der Waals surface area contributed by atoms with E-state index in [1.54, 1.807) is 4.68 Å². The van der Waals surface area contributed by atoms with Crippen molar-refractivity contribution in [3.63, 3.8) is 0 Å². The number of hydrogen-bond acceptors (Lipinski definition) is 4. The van der Waals surface area contributed by atoms with Gasteiger partial charge in [-0.3, -0.25) is 14.5 Å².